The van der Waals surface area contributed by atoms with Crippen LogP contribution in [-0.4, -0.2) is 61.7 Å². The Kier molecular flexibility index (Phi) is 5.80. The van der Waals surface area contributed by atoms with Crippen LogP contribution in [0.4, 0.5) is 9.18 Å². The van der Waals surface area contributed by atoms with E-state index in [2.05, 4.69) is 17.1 Å². The van der Waals surface area contributed by atoms with Gasteiger partial charge in [-0.05, 0) is 30.8 Å². The van der Waals surface area contributed by atoms with Crippen LogP contribution in [0.1, 0.15) is 6.92 Å². The van der Waals surface area contributed by atoms with Gasteiger partial charge >= 0.3 is 6.03 Å². The van der Waals surface area contributed by atoms with Gasteiger partial charge in [0.15, 0.2) is 0 Å². The molecular weight excluding hydrogens is 273 g/mol. The summed E-state index contributed by atoms with van der Waals surface area (Å²) in [6.45, 7) is 7.34. The van der Waals surface area contributed by atoms with Gasteiger partial charge in [0, 0.05) is 26.2 Å². The van der Waals surface area contributed by atoms with Crippen LogP contribution in [0.15, 0.2) is 24.3 Å². The largest absolute Gasteiger partial charge is 0.492 e. The van der Waals surface area contributed by atoms with Gasteiger partial charge in [-0.25, -0.2) is 9.18 Å². The van der Waals surface area contributed by atoms with E-state index in [0.717, 1.165) is 32.7 Å². The Morgan fingerprint density at radius 3 is 2.52 bits per heavy atom. The zero-order valence-corrected chi connectivity index (χ0v) is 12.3. The van der Waals surface area contributed by atoms with Gasteiger partial charge in [-0.2, -0.15) is 0 Å². The fourth-order valence-electron chi connectivity index (χ4n) is 2.24. The minimum Gasteiger partial charge on any atom is -0.492 e. The monoisotopic (exact) mass is 295 g/mol. The van der Waals surface area contributed by atoms with Crippen LogP contribution in [-0.2, 0) is 0 Å². The van der Waals surface area contributed by atoms with Crippen LogP contribution >= 0.6 is 0 Å². The summed E-state index contributed by atoms with van der Waals surface area (Å²) in [5.41, 5.74) is 0. The Labute approximate surface area is 124 Å². The number of carbonyl (C=O) groups is 1. The number of urea groups is 1. The predicted octanol–water partition coefficient (Wildman–Crippen LogP) is 1.55. The highest BCUT2D eigenvalue weighted by Crippen LogP contribution is 2.10. The second kappa shape index (κ2) is 7.83. The topological polar surface area (TPSA) is 44.8 Å². The number of hydrogen-bond donors (Lipinski definition) is 1. The molecule has 1 saturated heterocycles. The minimum absolute atomic E-state index is 0.0477. The highest BCUT2D eigenvalue weighted by atomic mass is 19.1. The summed E-state index contributed by atoms with van der Waals surface area (Å²) in [6.07, 6.45) is 0. The maximum Gasteiger partial charge on any atom is 0.317 e. The van der Waals surface area contributed by atoms with Gasteiger partial charge in [-0.15, -0.1) is 0 Å². The lowest BCUT2D eigenvalue weighted by Gasteiger charge is -2.33. The molecule has 1 aromatic carbocycles. The molecule has 0 atom stereocenters. The molecule has 0 radical (unpaired) electrons. The Morgan fingerprint density at radius 2 is 1.90 bits per heavy atom. The fourth-order valence-corrected chi connectivity index (χ4v) is 2.24. The van der Waals surface area contributed by atoms with Crippen molar-refractivity contribution >= 4 is 6.03 Å². The second-order valence-electron chi connectivity index (χ2n) is 4.96. The molecule has 2 amide bonds. The van der Waals surface area contributed by atoms with Gasteiger partial charge in [0.05, 0.1) is 6.54 Å². The molecule has 0 aromatic heterocycles. The molecule has 5 nitrogen and oxygen atoms in total. The number of amides is 2. The molecule has 1 aliphatic rings. The van der Waals surface area contributed by atoms with E-state index in [9.17, 15) is 9.18 Å². The standard InChI is InChI=1S/C15H22FN3O2/c1-2-18-8-10-19(11-9-18)15(20)17-7-12-21-14-5-3-13(16)4-6-14/h3-6H,2,7-12H2,1H3,(H,17,20). The molecule has 0 spiro atoms. The van der Waals surface area contributed by atoms with Gasteiger partial charge in [-0.1, -0.05) is 6.92 Å². The minimum atomic E-state index is -0.290. The lowest BCUT2D eigenvalue weighted by Crippen LogP contribution is -2.52. The first-order valence-corrected chi connectivity index (χ1v) is 7.32. The molecule has 6 heteroatoms. The molecule has 1 aromatic rings. The van der Waals surface area contributed by atoms with Crippen molar-refractivity contribution in [3.8, 4) is 5.75 Å². The average Bonchev–Trinajstić information content (AvgIpc) is 2.53. The van der Waals surface area contributed by atoms with Gasteiger partial charge < -0.3 is 19.9 Å². The summed E-state index contributed by atoms with van der Waals surface area (Å²) in [5, 5.41) is 2.84. The van der Waals surface area contributed by atoms with Crippen LogP contribution in [0.5, 0.6) is 5.75 Å². The smallest absolute Gasteiger partial charge is 0.317 e. The van der Waals surface area contributed by atoms with Crippen molar-refractivity contribution in [1.29, 1.82) is 0 Å². The van der Waals surface area contributed by atoms with Gasteiger partial charge in [0.1, 0.15) is 18.2 Å². The van der Waals surface area contributed by atoms with Gasteiger partial charge in [0.25, 0.3) is 0 Å². The van der Waals surface area contributed by atoms with E-state index in [0.29, 0.717) is 18.9 Å². The number of nitrogens with one attached hydrogen (secondary N) is 1. The molecule has 0 saturated carbocycles. The third kappa shape index (κ3) is 4.90. The summed E-state index contributed by atoms with van der Waals surface area (Å²) in [4.78, 5) is 16.1. The Morgan fingerprint density at radius 1 is 1.24 bits per heavy atom. The molecule has 0 bridgehead atoms. The molecular formula is C15H22FN3O2. The third-order valence-corrected chi connectivity index (χ3v) is 3.57. The van der Waals surface area contributed by atoms with Crippen molar-refractivity contribution in [2.45, 2.75) is 6.92 Å². The van der Waals surface area contributed by atoms with E-state index >= 15 is 0 Å². The van der Waals surface area contributed by atoms with Crippen molar-refractivity contribution in [2.24, 2.45) is 0 Å². The molecule has 1 aliphatic heterocycles. The third-order valence-electron chi connectivity index (χ3n) is 3.57. The number of carbonyl (C=O) groups excluding carboxylic acids is 1. The zero-order chi connectivity index (χ0) is 15.1. The number of hydrogen-bond acceptors (Lipinski definition) is 3. The number of piperazine rings is 1. The molecule has 1 fully saturated rings. The maximum absolute atomic E-state index is 12.7. The zero-order valence-electron chi connectivity index (χ0n) is 12.3. The SMILES string of the molecule is CCN1CCN(C(=O)NCCOc2ccc(F)cc2)CC1. The second-order valence-corrected chi connectivity index (χ2v) is 4.96. The molecule has 0 aliphatic carbocycles. The summed E-state index contributed by atoms with van der Waals surface area (Å²) in [5.74, 6) is 0.309. The summed E-state index contributed by atoms with van der Waals surface area (Å²) < 4.78 is 18.1. The van der Waals surface area contributed by atoms with Gasteiger partial charge in [-0.3, -0.25) is 0 Å². The van der Waals surface area contributed by atoms with Crippen molar-refractivity contribution in [3.05, 3.63) is 30.1 Å². The Balaban J connectivity index is 1.62. The average molecular weight is 295 g/mol. The number of ether oxygens (including phenoxy) is 1. The Hall–Kier alpha value is -1.82. The number of halogens is 1. The van der Waals surface area contributed by atoms with Crippen LogP contribution < -0.4 is 10.1 Å². The molecule has 2 rings (SSSR count). The van der Waals surface area contributed by atoms with Crippen LogP contribution in [0.2, 0.25) is 0 Å². The molecule has 1 heterocycles. The first-order chi connectivity index (χ1) is 10.2. The number of likely N-dealkylation sites (N-methyl/N-ethyl adjacent to an activating group) is 1. The maximum atomic E-state index is 12.7. The number of rotatable bonds is 5. The highest BCUT2D eigenvalue weighted by Gasteiger charge is 2.19. The predicted molar refractivity (Wildman–Crippen MR) is 79.0 cm³/mol. The molecule has 1 N–H and O–H groups in total. The van der Waals surface area contributed by atoms with Crippen LogP contribution in [0.3, 0.4) is 0 Å². The van der Waals surface area contributed by atoms with E-state index < -0.39 is 0 Å². The number of benzene rings is 1. The quantitative estimate of drug-likeness (QED) is 0.838. The highest BCUT2D eigenvalue weighted by molar-refractivity contribution is 5.74. The Bertz CT molecular complexity index is 445. The van der Waals surface area contributed by atoms with E-state index in [4.69, 9.17) is 4.74 Å². The van der Waals surface area contributed by atoms with E-state index in [1.165, 1.54) is 12.1 Å². The fraction of sp³-hybridized carbons (Fsp3) is 0.533. The van der Waals surface area contributed by atoms with Crippen molar-refractivity contribution in [2.75, 3.05) is 45.9 Å². The van der Waals surface area contributed by atoms with Crippen molar-refractivity contribution in [3.63, 3.8) is 0 Å². The lowest BCUT2D eigenvalue weighted by atomic mass is 10.3. The lowest BCUT2D eigenvalue weighted by molar-refractivity contribution is 0.142. The van der Waals surface area contributed by atoms with E-state index in [-0.39, 0.29) is 11.8 Å². The van der Waals surface area contributed by atoms with E-state index in [1.54, 1.807) is 12.1 Å². The van der Waals surface area contributed by atoms with Gasteiger partial charge in [0.2, 0.25) is 0 Å². The van der Waals surface area contributed by atoms with Crippen LogP contribution in [0.25, 0.3) is 0 Å². The first kappa shape index (κ1) is 15.6. The normalized spacial score (nSPS) is 15.8. The van der Waals surface area contributed by atoms with Crippen molar-refractivity contribution < 1.29 is 13.9 Å². The first-order valence-electron chi connectivity index (χ1n) is 7.32. The molecule has 0 unspecified atom stereocenters. The number of nitrogens with zero attached hydrogens (tertiary/aromatic N) is 2. The summed E-state index contributed by atoms with van der Waals surface area (Å²) in [7, 11) is 0. The molecule has 21 heavy (non-hydrogen) atoms. The summed E-state index contributed by atoms with van der Waals surface area (Å²) >= 11 is 0. The summed E-state index contributed by atoms with van der Waals surface area (Å²) in [6, 6.07) is 5.79. The van der Waals surface area contributed by atoms with Crippen molar-refractivity contribution in [1.82, 2.24) is 15.1 Å². The van der Waals surface area contributed by atoms with E-state index in [1.807, 2.05) is 4.90 Å². The molecule has 116 valence electrons. The van der Waals surface area contributed by atoms with Crippen LogP contribution in [0, 0.1) is 5.82 Å².